The minimum atomic E-state index is 1.01. The highest BCUT2D eigenvalue weighted by atomic mass is 15.1. The molecule has 0 aromatic heterocycles. The van der Waals surface area contributed by atoms with E-state index in [1.165, 1.54) is 16.5 Å². The van der Waals surface area contributed by atoms with E-state index in [0.717, 1.165) is 11.4 Å². The predicted molar refractivity (Wildman–Crippen MR) is 87.3 cm³/mol. The number of rotatable bonds is 3. The van der Waals surface area contributed by atoms with Crippen molar-refractivity contribution in [2.75, 3.05) is 4.90 Å². The number of hydrogen-bond acceptors (Lipinski definition) is 1. The lowest BCUT2D eigenvalue weighted by molar-refractivity contribution is 1.18. The monoisotopic (exact) mass is 259 g/mol. The van der Waals surface area contributed by atoms with Crippen molar-refractivity contribution in [1.29, 1.82) is 0 Å². The maximum atomic E-state index is 4.14. The molecule has 20 heavy (non-hydrogen) atoms. The molecule has 0 amide bonds. The Hall–Kier alpha value is -2.54. The van der Waals surface area contributed by atoms with Gasteiger partial charge in [-0.15, -0.1) is 0 Å². The SMILES string of the molecule is C=C(C)N(c1ccccc1)c1cccc2ccccc12. The lowest BCUT2D eigenvalue weighted by atomic mass is 10.1. The number of para-hydroxylation sites is 1. The Morgan fingerprint density at radius 1 is 0.800 bits per heavy atom. The molecular weight excluding hydrogens is 242 g/mol. The molecule has 0 aliphatic carbocycles. The molecule has 0 heterocycles. The molecule has 0 atom stereocenters. The summed E-state index contributed by atoms with van der Waals surface area (Å²) in [6.45, 7) is 6.18. The van der Waals surface area contributed by atoms with E-state index in [0.29, 0.717) is 0 Å². The molecule has 0 saturated heterocycles. The van der Waals surface area contributed by atoms with Gasteiger partial charge in [0.25, 0.3) is 0 Å². The van der Waals surface area contributed by atoms with Crippen molar-refractivity contribution in [1.82, 2.24) is 0 Å². The number of hydrogen-bond donors (Lipinski definition) is 0. The molecule has 0 aliphatic heterocycles. The van der Waals surface area contributed by atoms with Gasteiger partial charge in [-0.05, 0) is 30.5 Å². The molecule has 0 saturated carbocycles. The van der Waals surface area contributed by atoms with Gasteiger partial charge in [-0.25, -0.2) is 0 Å². The summed E-state index contributed by atoms with van der Waals surface area (Å²) in [6.07, 6.45) is 0. The molecule has 0 aliphatic rings. The minimum absolute atomic E-state index is 1.01. The van der Waals surface area contributed by atoms with Crippen LogP contribution in [0.2, 0.25) is 0 Å². The Labute approximate surface area is 119 Å². The van der Waals surface area contributed by atoms with Gasteiger partial charge >= 0.3 is 0 Å². The topological polar surface area (TPSA) is 3.24 Å². The highest BCUT2D eigenvalue weighted by Crippen LogP contribution is 2.34. The molecule has 0 spiro atoms. The van der Waals surface area contributed by atoms with Gasteiger partial charge in [0.05, 0.1) is 5.69 Å². The summed E-state index contributed by atoms with van der Waals surface area (Å²) in [5.74, 6) is 0. The molecular formula is C19H17N. The summed E-state index contributed by atoms with van der Waals surface area (Å²) in [7, 11) is 0. The summed E-state index contributed by atoms with van der Waals surface area (Å²) in [6, 6.07) is 25.2. The van der Waals surface area contributed by atoms with Gasteiger partial charge in [0.1, 0.15) is 0 Å². The summed E-state index contributed by atoms with van der Waals surface area (Å²) < 4.78 is 0. The second kappa shape index (κ2) is 5.22. The Balaban J connectivity index is 2.23. The Morgan fingerprint density at radius 2 is 1.45 bits per heavy atom. The highest BCUT2D eigenvalue weighted by molar-refractivity contribution is 5.97. The van der Waals surface area contributed by atoms with Crippen LogP contribution in [0.15, 0.2) is 85.1 Å². The first-order valence-electron chi connectivity index (χ1n) is 6.76. The van der Waals surface area contributed by atoms with Crippen molar-refractivity contribution < 1.29 is 0 Å². The fourth-order valence-electron chi connectivity index (χ4n) is 2.55. The third kappa shape index (κ3) is 2.19. The van der Waals surface area contributed by atoms with Crippen LogP contribution in [0, 0.1) is 0 Å². The van der Waals surface area contributed by atoms with Crippen LogP contribution in [0.4, 0.5) is 11.4 Å². The van der Waals surface area contributed by atoms with Crippen molar-refractivity contribution >= 4 is 22.1 Å². The largest absolute Gasteiger partial charge is 0.314 e. The number of nitrogens with zero attached hydrogens (tertiary/aromatic N) is 1. The zero-order chi connectivity index (χ0) is 13.9. The van der Waals surface area contributed by atoms with Crippen molar-refractivity contribution in [2.24, 2.45) is 0 Å². The summed E-state index contributed by atoms with van der Waals surface area (Å²) >= 11 is 0. The fourth-order valence-corrected chi connectivity index (χ4v) is 2.55. The normalized spacial score (nSPS) is 10.4. The standard InChI is InChI=1S/C19H17N/c1-15(2)20(17-11-4-3-5-12-17)19-14-8-10-16-9-6-7-13-18(16)19/h3-14H,1H2,2H3. The van der Waals surface area contributed by atoms with Crippen LogP contribution in [0.25, 0.3) is 10.8 Å². The zero-order valence-electron chi connectivity index (χ0n) is 11.6. The highest BCUT2D eigenvalue weighted by Gasteiger charge is 2.12. The third-order valence-electron chi connectivity index (χ3n) is 3.40. The summed E-state index contributed by atoms with van der Waals surface area (Å²) in [5, 5.41) is 2.48. The maximum Gasteiger partial charge on any atom is 0.0536 e. The average molecular weight is 259 g/mol. The Bertz CT molecular complexity index is 739. The van der Waals surface area contributed by atoms with Crippen LogP contribution >= 0.6 is 0 Å². The van der Waals surface area contributed by atoms with Gasteiger partial charge in [0.2, 0.25) is 0 Å². The average Bonchev–Trinajstić information content (AvgIpc) is 2.48. The van der Waals surface area contributed by atoms with Crippen LogP contribution in [0.3, 0.4) is 0 Å². The van der Waals surface area contributed by atoms with E-state index in [9.17, 15) is 0 Å². The van der Waals surface area contributed by atoms with Gasteiger partial charge < -0.3 is 4.90 Å². The van der Waals surface area contributed by atoms with E-state index in [2.05, 4.69) is 78.2 Å². The first-order valence-corrected chi connectivity index (χ1v) is 6.76. The van der Waals surface area contributed by atoms with Crippen molar-refractivity contribution in [2.45, 2.75) is 6.92 Å². The van der Waals surface area contributed by atoms with Gasteiger partial charge in [0.15, 0.2) is 0 Å². The minimum Gasteiger partial charge on any atom is -0.314 e. The fraction of sp³-hybridized carbons (Fsp3) is 0.0526. The van der Waals surface area contributed by atoms with E-state index >= 15 is 0 Å². The van der Waals surface area contributed by atoms with E-state index in [-0.39, 0.29) is 0 Å². The second-order valence-corrected chi connectivity index (χ2v) is 4.90. The van der Waals surface area contributed by atoms with Gasteiger partial charge in [-0.2, -0.15) is 0 Å². The number of benzene rings is 3. The quantitative estimate of drug-likeness (QED) is 0.599. The van der Waals surface area contributed by atoms with Crippen LogP contribution < -0.4 is 4.90 Å². The molecule has 3 aromatic rings. The number of anilines is 2. The van der Waals surface area contributed by atoms with E-state index in [4.69, 9.17) is 0 Å². The molecule has 3 rings (SSSR count). The van der Waals surface area contributed by atoms with Crippen LogP contribution in [-0.4, -0.2) is 0 Å². The van der Waals surface area contributed by atoms with Gasteiger partial charge in [-0.3, -0.25) is 0 Å². The lowest BCUT2D eigenvalue weighted by Gasteiger charge is -2.26. The van der Waals surface area contributed by atoms with Crippen molar-refractivity contribution in [3.05, 3.63) is 85.1 Å². The van der Waals surface area contributed by atoms with Crippen LogP contribution in [0.5, 0.6) is 0 Å². The molecule has 0 unspecified atom stereocenters. The molecule has 1 nitrogen and oxygen atoms in total. The summed E-state index contributed by atoms with van der Waals surface area (Å²) in [4.78, 5) is 2.20. The molecule has 0 fully saturated rings. The predicted octanol–water partition coefficient (Wildman–Crippen LogP) is 5.51. The van der Waals surface area contributed by atoms with Crippen LogP contribution in [-0.2, 0) is 0 Å². The first-order chi connectivity index (χ1) is 9.77. The van der Waals surface area contributed by atoms with Crippen molar-refractivity contribution in [3.63, 3.8) is 0 Å². The Morgan fingerprint density at radius 3 is 2.20 bits per heavy atom. The maximum absolute atomic E-state index is 4.14. The van der Waals surface area contributed by atoms with Gasteiger partial charge in [-0.1, -0.05) is 61.2 Å². The third-order valence-corrected chi connectivity index (χ3v) is 3.40. The lowest BCUT2D eigenvalue weighted by Crippen LogP contribution is -2.13. The van der Waals surface area contributed by atoms with E-state index < -0.39 is 0 Å². The van der Waals surface area contributed by atoms with E-state index in [1.807, 2.05) is 13.0 Å². The molecule has 98 valence electrons. The zero-order valence-corrected chi connectivity index (χ0v) is 11.6. The van der Waals surface area contributed by atoms with Crippen LogP contribution in [0.1, 0.15) is 6.92 Å². The second-order valence-electron chi connectivity index (χ2n) is 4.90. The number of fused-ring (bicyclic) bond motifs is 1. The van der Waals surface area contributed by atoms with Gasteiger partial charge in [0, 0.05) is 16.8 Å². The molecule has 0 radical (unpaired) electrons. The molecule has 3 aromatic carbocycles. The summed E-state index contributed by atoms with van der Waals surface area (Å²) in [5.41, 5.74) is 3.31. The molecule has 0 bridgehead atoms. The molecule has 1 heteroatoms. The van der Waals surface area contributed by atoms with E-state index in [1.54, 1.807) is 0 Å². The van der Waals surface area contributed by atoms with Crippen molar-refractivity contribution in [3.8, 4) is 0 Å². The smallest absolute Gasteiger partial charge is 0.0536 e. The first kappa shape index (κ1) is 12.5. The molecule has 0 N–H and O–H groups in total. The Kier molecular flexibility index (Phi) is 3.26. The number of allylic oxidation sites excluding steroid dienone is 1.